The average molecular weight is 250 g/mol. The maximum Gasteiger partial charge on any atom is 0.134 e. The first-order chi connectivity index (χ1) is 8.62. The fourth-order valence-electron chi connectivity index (χ4n) is 1.67. The molecule has 1 N–H and O–H groups in total. The Morgan fingerprint density at radius 3 is 2.56 bits per heavy atom. The monoisotopic (exact) mass is 250 g/mol. The number of nitrogens with one attached hydrogen (secondary N) is 1. The molecule has 0 bridgehead atoms. The van der Waals surface area contributed by atoms with Crippen LogP contribution in [0.4, 0.5) is 11.6 Å². The molecular formula is C14H26N4. The molecule has 4 heteroatoms. The third-order valence-corrected chi connectivity index (χ3v) is 3.24. The van der Waals surface area contributed by atoms with Gasteiger partial charge in [-0.15, -0.1) is 0 Å². The molecule has 102 valence electrons. The van der Waals surface area contributed by atoms with Gasteiger partial charge in [0, 0.05) is 32.1 Å². The fraction of sp³-hybridized carbons (Fsp3) is 0.714. The van der Waals surface area contributed by atoms with Crippen molar-refractivity contribution in [1.82, 2.24) is 9.97 Å². The zero-order valence-electron chi connectivity index (χ0n) is 12.3. The molecule has 1 aromatic rings. The van der Waals surface area contributed by atoms with Gasteiger partial charge in [-0.2, -0.15) is 0 Å². The number of anilines is 2. The first-order valence-corrected chi connectivity index (χ1v) is 6.96. The Labute approximate surface area is 111 Å². The second-order valence-corrected chi connectivity index (χ2v) is 4.68. The van der Waals surface area contributed by atoms with Crippen molar-refractivity contribution >= 4 is 11.6 Å². The van der Waals surface area contributed by atoms with Gasteiger partial charge in [0.2, 0.25) is 0 Å². The SMILES string of the molecule is CCCNc1cc(N(C)C(C)CC)nc(CC)n1. The van der Waals surface area contributed by atoms with Crippen LogP contribution in [0.3, 0.4) is 0 Å². The van der Waals surface area contributed by atoms with Crippen LogP contribution < -0.4 is 10.2 Å². The molecule has 1 unspecified atom stereocenters. The van der Waals surface area contributed by atoms with Gasteiger partial charge in [-0.1, -0.05) is 20.8 Å². The first-order valence-electron chi connectivity index (χ1n) is 6.96. The van der Waals surface area contributed by atoms with E-state index in [9.17, 15) is 0 Å². The van der Waals surface area contributed by atoms with Crippen molar-refractivity contribution < 1.29 is 0 Å². The van der Waals surface area contributed by atoms with E-state index in [1.807, 2.05) is 6.07 Å². The molecular weight excluding hydrogens is 224 g/mol. The van der Waals surface area contributed by atoms with Crippen LogP contribution in [0, 0.1) is 0 Å². The van der Waals surface area contributed by atoms with E-state index in [0.717, 1.165) is 43.3 Å². The second-order valence-electron chi connectivity index (χ2n) is 4.68. The van der Waals surface area contributed by atoms with Gasteiger partial charge in [-0.3, -0.25) is 0 Å². The van der Waals surface area contributed by atoms with Crippen LogP contribution in [0.25, 0.3) is 0 Å². The highest BCUT2D eigenvalue weighted by molar-refractivity contribution is 5.49. The van der Waals surface area contributed by atoms with E-state index in [2.05, 4.69) is 54.9 Å². The van der Waals surface area contributed by atoms with E-state index in [0.29, 0.717) is 6.04 Å². The Morgan fingerprint density at radius 1 is 1.28 bits per heavy atom. The van der Waals surface area contributed by atoms with E-state index in [1.165, 1.54) is 0 Å². The molecule has 0 aliphatic heterocycles. The lowest BCUT2D eigenvalue weighted by atomic mass is 10.2. The van der Waals surface area contributed by atoms with Crippen LogP contribution in [0.1, 0.15) is 46.4 Å². The molecule has 0 saturated carbocycles. The lowest BCUT2D eigenvalue weighted by Crippen LogP contribution is -2.29. The lowest BCUT2D eigenvalue weighted by Gasteiger charge is -2.25. The number of hydrogen-bond acceptors (Lipinski definition) is 4. The molecule has 0 fully saturated rings. The predicted octanol–water partition coefficient (Wildman–Crippen LogP) is 3.10. The number of rotatable bonds is 7. The van der Waals surface area contributed by atoms with Crippen LogP contribution in [0.15, 0.2) is 6.07 Å². The summed E-state index contributed by atoms with van der Waals surface area (Å²) >= 11 is 0. The predicted molar refractivity (Wildman–Crippen MR) is 78.3 cm³/mol. The maximum atomic E-state index is 4.60. The summed E-state index contributed by atoms with van der Waals surface area (Å²) in [6.45, 7) is 9.60. The number of nitrogens with zero attached hydrogens (tertiary/aromatic N) is 3. The largest absolute Gasteiger partial charge is 0.370 e. The average Bonchev–Trinajstić information content (AvgIpc) is 2.42. The molecule has 0 spiro atoms. The Kier molecular flexibility index (Phi) is 5.89. The zero-order valence-corrected chi connectivity index (χ0v) is 12.3. The molecule has 1 aromatic heterocycles. The van der Waals surface area contributed by atoms with Gasteiger partial charge in [-0.05, 0) is 19.8 Å². The summed E-state index contributed by atoms with van der Waals surface area (Å²) in [6, 6.07) is 2.53. The molecule has 1 atom stereocenters. The summed E-state index contributed by atoms with van der Waals surface area (Å²) in [5.74, 6) is 2.85. The minimum Gasteiger partial charge on any atom is -0.370 e. The van der Waals surface area contributed by atoms with Crippen LogP contribution in [-0.2, 0) is 6.42 Å². The van der Waals surface area contributed by atoms with Crippen LogP contribution in [-0.4, -0.2) is 29.6 Å². The third kappa shape index (κ3) is 3.86. The van der Waals surface area contributed by atoms with Crippen LogP contribution >= 0.6 is 0 Å². The molecule has 1 heterocycles. The molecule has 0 aliphatic carbocycles. The van der Waals surface area contributed by atoms with Gasteiger partial charge in [0.1, 0.15) is 17.5 Å². The number of aryl methyl sites for hydroxylation is 1. The van der Waals surface area contributed by atoms with E-state index in [-0.39, 0.29) is 0 Å². The standard InChI is InChI=1S/C14H26N4/c1-6-9-15-13-10-14(17-12(8-3)16-13)18(5)11(4)7-2/h10-11H,6-9H2,1-5H3,(H,15,16,17). The highest BCUT2D eigenvalue weighted by Crippen LogP contribution is 2.18. The van der Waals surface area contributed by atoms with Gasteiger partial charge in [0.25, 0.3) is 0 Å². The van der Waals surface area contributed by atoms with E-state index < -0.39 is 0 Å². The van der Waals surface area contributed by atoms with Gasteiger partial charge in [0.15, 0.2) is 0 Å². The summed E-state index contributed by atoms with van der Waals surface area (Å²) in [4.78, 5) is 11.3. The number of aromatic nitrogens is 2. The summed E-state index contributed by atoms with van der Waals surface area (Å²) in [5, 5.41) is 3.34. The zero-order chi connectivity index (χ0) is 13.5. The first kappa shape index (κ1) is 14.7. The van der Waals surface area contributed by atoms with Gasteiger partial charge in [0.05, 0.1) is 0 Å². The Morgan fingerprint density at radius 2 is 2.00 bits per heavy atom. The molecule has 1 rings (SSSR count). The third-order valence-electron chi connectivity index (χ3n) is 3.24. The molecule has 4 nitrogen and oxygen atoms in total. The second kappa shape index (κ2) is 7.19. The van der Waals surface area contributed by atoms with E-state index in [4.69, 9.17) is 0 Å². The van der Waals surface area contributed by atoms with Crippen LogP contribution in [0.5, 0.6) is 0 Å². The van der Waals surface area contributed by atoms with Crippen LogP contribution in [0.2, 0.25) is 0 Å². The van der Waals surface area contributed by atoms with E-state index in [1.54, 1.807) is 0 Å². The Balaban J connectivity index is 2.95. The van der Waals surface area contributed by atoms with Gasteiger partial charge in [-0.25, -0.2) is 9.97 Å². The molecule has 0 aromatic carbocycles. The topological polar surface area (TPSA) is 41.0 Å². The summed E-state index contributed by atoms with van der Waals surface area (Å²) in [6.07, 6.45) is 3.07. The maximum absolute atomic E-state index is 4.60. The Hall–Kier alpha value is -1.32. The fourth-order valence-corrected chi connectivity index (χ4v) is 1.67. The summed E-state index contributed by atoms with van der Waals surface area (Å²) < 4.78 is 0. The minimum atomic E-state index is 0.489. The molecule has 0 aliphatic rings. The highest BCUT2D eigenvalue weighted by Gasteiger charge is 2.11. The minimum absolute atomic E-state index is 0.489. The quantitative estimate of drug-likeness (QED) is 0.807. The van der Waals surface area contributed by atoms with E-state index >= 15 is 0 Å². The van der Waals surface area contributed by atoms with Crippen molar-refractivity contribution in [1.29, 1.82) is 0 Å². The van der Waals surface area contributed by atoms with Crippen molar-refractivity contribution in [2.45, 2.75) is 53.0 Å². The van der Waals surface area contributed by atoms with Crippen molar-refractivity contribution in [2.75, 3.05) is 23.8 Å². The normalized spacial score (nSPS) is 12.3. The van der Waals surface area contributed by atoms with Gasteiger partial charge >= 0.3 is 0 Å². The lowest BCUT2D eigenvalue weighted by molar-refractivity contribution is 0.654. The number of hydrogen-bond donors (Lipinski definition) is 1. The van der Waals surface area contributed by atoms with Gasteiger partial charge < -0.3 is 10.2 Å². The smallest absolute Gasteiger partial charge is 0.134 e. The highest BCUT2D eigenvalue weighted by atomic mass is 15.2. The molecule has 0 radical (unpaired) electrons. The molecule has 0 saturated heterocycles. The van der Waals surface area contributed by atoms with Crippen molar-refractivity contribution in [3.05, 3.63) is 11.9 Å². The van der Waals surface area contributed by atoms with Crippen molar-refractivity contribution in [3.63, 3.8) is 0 Å². The Bertz CT molecular complexity index is 365. The summed E-state index contributed by atoms with van der Waals surface area (Å²) in [5.41, 5.74) is 0. The van der Waals surface area contributed by atoms with Crippen molar-refractivity contribution in [2.24, 2.45) is 0 Å². The molecule has 0 amide bonds. The van der Waals surface area contributed by atoms with Crippen molar-refractivity contribution in [3.8, 4) is 0 Å². The summed E-state index contributed by atoms with van der Waals surface area (Å²) in [7, 11) is 2.10. The molecule has 18 heavy (non-hydrogen) atoms.